The normalized spacial score (nSPS) is 27.0. The summed E-state index contributed by atoms with van der Waals surface area (Å²) < 4.78 is 12.9. The van der Waals surface area contributed by atoms with Crippen LogP contribution in [0.25, 0.3) is 0 Å². The molecule has 22 heavy (non-hydrogen) atoms. The summed E-state index contributed by atoms with van der Waals surface area (Å²) in [6, 6.07) is 6.25. The molecule has 1 aliphatic carbocycles. The number of aliphatic hydroxyl groups is 1. The van der Waals surface area contributed by atoms with E-state index >= 15 is 0 Å². The molecule has 0 radical (unpaired) electrons. The molecular weight excluding hydrogens is 285 g/mol. The Morgan fingerprint density at radius 3 is 2.50 bits per heavy atom. The van der Waals surface area contributed by atoms with E-state index in [1.54, 1.807) is 12.1 Å². The molecule has 1 saturated carbocycles. The summed E-state index contributed by atoms with van der Waals surface area (Å²) in [7, 11) is 0. The molecule has 1 aliphatic heterocycles. The first-order chi connectivity index (χ1) is 10.4. The van der Waals surface area contributed by atoms with E-state index in [1.165, 1.54) is 12.1 Å². The van der Waals surface area contributed by atoms with Gasteiger partial charge in [-0.3, -0.25) is 9.69 Å². The lowest BCUT2D eigenvalue weighted by Gasteiger charge is -2.26. The maximum absolute atomic E-state index is 12.9. The number of hydrogen-bond acceptors (Lipinski definition) is 3. The first-order valence-electron chi connectivity index (χ1n) is 7.79. The number of rotatable bonds is 6. The zero-order chi connectivity index (χ0) is 15.8. The van der Waals surface area contributed by atoms with Crippen LogP contribution in [0.5, 0.6) is 0 Å². The summed E-state index contributed by atoms with van der Waals surface area (Å²) in [5.74, 6) is -1.01. The van der Waals surface area contributed by atoms with Gasteiger partial charge in [-0.15, -0.1) is 0 Å². The Hall–Kier alpha value is -1.46. The quantitative estimate of drug-likeness (QED) is 0.844. The highest BCUT2D eigenvalue weighted by Crippen LogP contribution is 2.50. The van der Waals surface area contributed by atoms with Crippen LogP contribution < -0.4 is 0 Å². The van der Waals surface area contributed by atoms with Gasteiger partial charge in [0.15, 0.2) is 0 Å². The van der Waals surface area contributed by atoms with Crippen LogP contribution >= 0.6 is 0 Å². The molecule has 1 unspecified atom stereocenters. The van der Waals surface area contributed by atoms with Gasteiger partial charge in [-0.2, -0.15) is 0 Å². The van der Waals surface area contributed by atoms with E-state index in [0.717, 1.165) is 31.5 Å². The van der Waals surface area contributed by atoms with E-state index in [0.29, 0.717) is 19.4 Å². The molecule has 3 rings (SSSR count). The van der Waals surface area contributed by atoms with E-state index < -0.39 is 11.6 Å². The first kappa shape index (κ1) is 15.4. The summed E-state index contributed by atoms with van der Waals surface area (Å²) >= 11 is 0. The SMILES string of the molecule is O=C(O)CC1(CN2CCC(O)(Cc3ccc(F)cc3)C2)CC1. The van der Waals surface area contributed by atoms with Crippen molar-refractivity contribution in [1.29, 1.82) is 0 Å². The molecule has 1 aromatic carbocycles. The van der Waals surface area contributed by atoms with Gasteiger partial charge in [-0.05, 0) is 42.4 Å². The molecule has 1 saturated heterocycles. The smallest absolute Gasteiger partial charge is 0.303 e. The largest absolute Gasteiger partial charge is 0.481 e. The van der Waals surface area contributed by atoms with Crippen LogP contribution in [0.15, 0.2) is 24.3 Å². The Balaban J connectivity index is 1.57. The molecule has 2 fully saturated rings. The van der Waals surface area contributed by atoms with Crippen LogP contribution in [0.2, 0.25) is 0 Å². The third kappa shape index (κ3) is 3.65. The van der Waals surface area contributed by atoms with Crippen LogP contribution in [0.3, 0.4) is 0 Å². The summed E-state index contributed by atoms with van der Waals surface area (Å²) in [5, 5.41) is 19.7. The van der Waals surface area contributed by atoms with Crippen LogP contribution in [0.1, 0.15) is 31.2 Å². The third-order valence-electron chi connectivity index (χ3n) is 4.90. The van der Waals surface area contributed by atoms with Crippen molar-refractivity contribution in [2.45, 2.75) is 37.7 Å². The van der Waals surface area contributed by atoms with E-state index in [-0.39, 0.29) is 17.7 Å². The number of carboxylic acids is 1. The summed E-state index contributed by atoms with van der Waals surface area (Å²) in [5.41, 5.74) is 0.0572. The summed E-state index contributed by atoms with van der Waals surface area (Å²) in [4.78, 5) is 13.1. The van der Waals surface area contributed by atoms with Gasteiger partial charge < -0.3 is 10.2 Å². The van der Waals surface area contributed by atoms with E-state index in [4.69, 9.17) is 5.11 Å². The highest BCUT2D eigenvalue weighted by atomic mass is 19.1. The monoisotopic (exact) mass is 307 g/mol. The number of carboxylic acid groups (broad SMARTS) is 1. The number of hydrogen-bond donors (Lipinski definition) is 2. The Bertz CT molecular complexity index is 556. The number of benzene rings is 1. The van der Waals surface area contributed by atoms with Gasteiger partial charge in [0.1, 0.15) is 5.82 Å². The zero-order valence-electron chi connectivity index (χ0n) is 12.6. The van der Waals surface area contributed by atoms with Crippen molar-refractivity contribution in [2.75, 3.05) is 19.6 Å². The van der Waals surface area contributed by atoms with Gasteiger partial charge in [0.05, 0.1) is 12.0 Å². The van der Waals surface area contributed by atoms with Crippen LogP contribution in [-0.2, 0) is 11.2 Å². The fraction of sp³-hybridized carbons (Fsp3) is 0.588. The maximum atomic E-state index is 12.9. The highest BCUT2D eigenvalue weighted by molar-refractivity contribution is 5.68. The molecule has 1 aromatic rings. The predicted molar refractivity (Wildman–Crippen MR) is 80.0 cm³/mol. The molecule has 0 amide bonds. The molecule has 2 N–H and O–H groups in total. The Kier molecular flexibility index (Phi) is 3.95. The van der Waals surface area contributed by atoms with Gasteiger partial charge >= 0.3 is 5.97 Å². The maximum Gasteiger partial charge on any atom is 0.303 e. The zero-order valence-corrected chi connectivity index (χ0v) is 12.6. The number of aliphatic carboxylic acids is 1. The van der Waals surface area contributed by atoms with E-state index in [9.17, 15) is 14.3 Å². The van der Waals surface area contributed by atoms with Crippen molar-refractivity contribution < 1.29 is 19.4 Å². The predicted octanol–water partition coefficient (Wildman–Crippen LogP) is 2.06. The Morgan fingerprint density at radius 1 is 1.23 bits per heavy atom. The van der Waals surface area contributed by atoms with Crippen LogP contribution in [0, 0.1) is 11.2 Å². The lowest BCUT2D eigenvalue weighted by molar-refractivity contribution is -0.138. The second kappa shape index (κ2) is 5.63. The topological polar surface area (TPSA) is 60.8 Å². The summed E-state index contributed by atoms with van der Waals surface area (Å²) in [6.45, 7) is 2.11. The van der Waals surface area contributed by atoms with Crippen molar-refractivity contribution >= 4 is 5.97 Å². The van der Waals surface area contributed by atoms with Crippen molar-refractivity contribution in [3.63, 3.8) is 0 Å². The van der Waals surface area contributed by atoms with Gasteiger partial charge in [0, 0.05) is 26.1 Å². The van der Waals surface area contributed by atoms with Crippen LogP contribution in [-0.4, -0.2) is 46.3 Å². The molecule has 1 heterocycles. The van der Waals surface area contributed by atoms with Gasteiger partial charge in [-0.1, -0.05) is 12.1 Å². The molecular formula is C17H22FNO3. The molecule has 1 atom stereocenters. The molecule has 0 spiro atoms. The number of nitrogens with zero attached hydrogens (tertiary/aromatic N) is 1. The van der Waals surface area contributed by atoms with Gasteiger partial charge in [-0.25, -0.2) is 4.39 Å². The minimum atomic E-state index is -0.795. The van der Waals surface area contributed by atoms with Crippen molar-refractivity contribution in [3.8, 4) is 0 Å². The van der Waals surface area contributed by atoms with Gasteiger partial charge in [0.25, 0.3) is 0 Å². The van der Waals surface area contributed by atoms with Crippen molar-refractivity contribution in [1.82, 2.24) is 4.90 Å². The number of halogens is 1. The fourth-order valence-electron chi connectivity index (χ4n) is 3.56. The van der Waals surface area contributed by atoms with E-state index in [2.05, 4.69) is 4.90 Å². The standard InChI is InChI=1S/C17H22FNO3/c18-14-3-1-13(2-4-14)9-17(22)7-8-19(12-17)11-16(5-6-16)10-15(20)21/h1-4,22H,5-12H2,(H,20,21). The number of likely N-dealkylation sites (tertiary alicyclic amines) is 1. The first-order valence-corrected chi connectivity index (χ1v) is 7.79. The second-order valence-electron chi connectivity index (χ2n) is 7.06. The average Bonchev–Trinajstić information content (AvgIpc) is 3.07. The molecule has 5 heteroatoms. The second-order valence-corrected chi connectivity index (χ2v) is 7.06. The van der Waals surface area contributed by atoms with Gasteiger partial charge in [0.2, 0.25) is 0 Å². The average molecular weight is 307 g/mol. The van der Waals surface area contributed by atoms with E-state index in [1.807, 2.05) is 0 Å². The molecule has 4 nitrogen and oxygen atoms in total. The molecule has 2 aliphatic rings. The lowest BCUT2D eigenvalue weighted by atomic mass is 9.94. The fourth-order valence-corrected chi connectivity index (χ4v) is 3.56. The molecule has 0 aromatic heterocycles. The third-order valence-corrected chi connectivity index (χ3v) is 4.90. The summed E-state index contributed by atoms with van der Waals surface area (Å²) in [6.07, 6.45) is 3.33. The van der Waals surface area contributed by atoms with Crippen molar-refractivity contribution in [3.05, 3.63) is 35.6 Å². The lowest BCUT2D eigenvalue weighted by Crippen LogP contribution is -2.37. The Morgan fingerprint density at radius 2 is 1.91 bits per heavy atom. The Labute approximate surface area is 129 Å². The molecule has 120 valence electrons. The van der Waals surface area contributed by atoms with Crippen LogP contribution in [0.4, 0.5) is 4.39 Å². The minimum absolute atomic E-state index is 0.0764. The van der Waals surface area contributed by atoms with Crippen molar-refractivity contribution in [2.24, 2.45) is 5.41 Å². The molecule has 0 bridgehead atoms. The minimum Gasteiger partial charge on any atom is -0.481 e. The number of β-amino-alcohol motifs (C(OH)–C–C–N with tert-alkyl or cyclic N) is 1. The number of carbonyl (C=O) groups is 1. The highest BCUT2D eigenvalue weighted by Gasteiger charge is 2.48.